The van der Waals surface area contributed by atoms with Gasteiger partial charge in [-0.25, -0.2) is 0 Å². The average molecular weight is 528 g/mol. The van der Waals surface area contributed by atoms with E-state index in [4.69, 9.17) is 4.74 Å². The maximum Gasteiger partial charge on any atom is 0.133 e. The highest BCUT2D eigenvalue weighted by molar-refractivity contribution is 9.11. The van der Waals surface area contributed by atoms with Crippen LogP contribution in [0.25, 0.3) is 0 Å². The Morgan fingerprint density at radius 2 is 1.65 bits per heavy atom. The van der Waals surface area contributed by atoms with E-state index >= 15 is 0 Å². The van der Waals surface area contributed by atoms with Crippen LogP contribution in [0.15, 0.2) is 43.7 Å². The van der Waals surface area contributed by atoms with E-state index in [-0.39, 0.29) is 4.83 Å². The fourth-order valence-corrected chi connectivity index (χ4v) is 4.45. The third kappa shape index (κ3) is 3.49. The number of benzene rings is 2. The Kier molecular flexibility index (Phi) is 5.74. The number of aryl methyl sites for hydroxylation is 1. The van der Waals surface area contributed by atoms with Crippen LogP contribution in [-0.2, 0) is 0 Å². The van der Waals surface area contributed by atoms with Crippen LogP contribution in [0.1, 0.15) is 21.5 Å². The number of alkyl halides is 1. The Morgan fingerprint density at radius 1 is 0.950 bits per heavy atom. The van der Waals surface area contributed by atoms with E-state index in [2.05, 4.69) is 94.9 Å². The Hall–Kier alpha value is 0.160. The molecule has 106 valence electrons. The summed E-state index contributed by atoms with van der Waals surface area (Å²) in [4.78, 5) is 0.107. The summed E-state index contributed by atoms with van der Waals surface area (Å²) < 4.78 is 8.41. The molecule has 0 aliphatic heterocycles. The lowest BCUT2D eigenvalue weighted by Crippen LogP contribution is -1.96. The first-order valence-corrected chi connectivity index (χ1v) is 9.16. The number of hydrogen-bond acceptors (Lipinski definition) is 1. The second kappa shape index (κ2) is 6.95. The molecular weight excluding hydrogens is 516 g/mol. The molecule has 0 aliphatic rings. The van der Waals surface area contributed by atoms with Crippen LogP contribution in [0.3, 0.4) is 0 Å². The summed E-state index contributed by atoms with van der Waals surface area (Å²) in [7, 11) is 1.67. The lowest BCUT2D eigenvalue weighted by molar-refractivity contribution is 0.412. The molecule has 0 bridgehead atoms. The minimum Gasteiger partial charge on any atom is -0.496 e. The van der Waals surface area contributed by atoms with E-state index in [0.29, 0.717) is 0 Å². The van der Waals surface area contributed by atoms with Crippen molar-refractivity contribution in [1.29, 1.82) is 0 Å². The zero-order valence-electron chi connectivity index (χ0n) is 10.9. The smallest absolute Gasteiger partial charge is 0.133 e. The molecule has 1 unspecified atom stereocenters. The van der Waals surface area contributed by atoms with Gasteiger partial charge in [0.25, 0.3) is 0 Å². The minimum atomic E-state index is 0.107. The largest absolute Gasteiger partial charge is 0.496 e. The van der Waals surface area contributed by atoms with Crippen LogP contribution in [0.4, 0.5) is 0 Å². The van der Waals surface area contributed by atoms with Gasteiger partial charge in [-0.15, -0.1) is 0 Å². The monoisotopic (exact) mass is 524 g/mol. The van der Waals surface area contributed by atoms with Crippen LogP contribution in [-0.4, -0.2) is 7.11 Å². The molecule has 0 fully saturated rings. The van der Waals surface area contributed by atoms with Gasteiger partial charge in [0, 0.05) is 8.95 Å². The number of halogens is 4. The van der Waals surface area contributed by atoms with Gasteiger partial charge in [0.1, 0.15) is 5.75 Å². The van der Waals surface area contributed by atoms with Gasteiger partial charge < -0.3 is 4.74 Å². The average Bonchev–Trinajstić information content (AvgIpc) is 2.42. The summed E-state index contributed by atoms with van der Waals surface area (Å²) in [6.07, 6.45) is 0. The fraction of sp³-hybridized carbons (Fsp3) is 0.200. The summed E-state index contributed by atoms with van der Waals surface area (Å²) in [6.45, 7) is 2.08. The van der Waals surface area contributed by atoms with E-state index < -0.39 is 0 Å². The number of rotatable bonds is 3. The van der Waals surface area contributed by atoms with Crippen LogP contribution >= 0.6 is 63.7 Å². The third-order valence-electron chi connectivity index (χ3n) is 3.02. The first-order valence-electron chi connectivity index (χ1n) is 5.87. The zero-order chi connectivity index (χ0) is 14.9. The number of hydrogen-bond donors (Lipinski definition) is 0. The zero-order valence-corrected chi connectivity index (χ0v) is 17.2. The summed E-state index contributed by atoms with van der Waals surface area (Å²) in [6, 6.07) is 10.3. The Balaban J connectivity index is 2.43. The third-order valence-corrected chi connectivity index (χ3v) is 6.20. The molecule has 1 atom stereocenters. The molecule has 1 nitrogen and oxygen atoms in total. The molecule has 0 spiro atoms. The van der Waals surface area contributed by atoms with Gasteiger partial charge >= 0.3 is 0 Å². The van der Waals surface area contributed by atoms with Crippen molar-refractivity contribution in [2.24, 2.45) is 0 Å². The van der Waals surface area contributed by atoms with E-state index in [1.54, 1.807) is 7.11 Å². The highest BCUT2D eigenvalue weighted by Crippen LogP contribution is 2.40. The highest BCUT2D eigenvalue weighted by atomic mass is 79.9. The molecule has 0 saturated heterocycles. The standard InChI is InChI=1S/C15H12Br4O/c1-8-5-12(17)10(7-11(8)16)15(19)9-3-4-14(20-2)13(18)6-9/h3-7,15H,1-2H3. The minimum absolute atomic E-state index is 0.107. The van der Waals surface area contributed by atoms with Crippen molar-refractivity contribution in [3.05, 3.63) is 60.4 Å². The molecule has 0 N–H and O–H groups in total. The summed E-state index contributed by atoms with van der Waals surface area (Å²) in [5.41, 5.74) is 3.55. The first kappa shape index (κ1) is 16.5. The molecule has 0 amide bonds. The first-order chi connectivity index (χ1) is 9.43. The molecule has 20 heavy (non-hydrogen) atoms. The van der Waals surface area contributed by atoms with Gasteiger partial charge in [-0.3, -0.25) is 0 Å². The van der Waals surface area contributed by atoms with Gasteiger partial charge in [0.15, 0.2) is 0 Å². The van der Waals surface area contributed by atoms with Gasteiger partial charge in [-0.1, -0.05) is 53.9 Å². The molecule has 0 radical (unpaired) electrons. The second-order valence-electron chi connectivity index (χ2n) is 4.38. The van der Waals surface area contributed by atoms with Crippen molar-refractivity contribution in [3.8, 4) is 5.75 Å². The molecule has 0 aromatic heterocycles. The lowest BCUT2D eigenvalue weighted by atomic mass is 10.0. The number of methoxy groups -OCH3 is 1. The Bertz CT molecular complexity index is 640. The van der Waals surface area contributed by atoms with Gasteiger partial charge in [0.2, 0.25) is 0 Å². The maximum atomic E-state index is 5.27. The maximum absolute atomic E-state index is 5.27. The Morgan fingerprint density at radius 3 is 2.25 bits per heavy atom. The van der Waals surface area contributed by atoms with E-state index in [1.807, 2.05) is 6.07 Å². The van der Waals surface area contributed by atoms with Crippen molar-refractivity contribution in [2.45, 2.75) is 11.8 Å². The van der Waals surface area contributed by atoms with Crippen LogP contribution in [0.2, 0.25) is 0 Å². The molecular formula is C15H12Br4O. The predicted molar refractivity (Wildman–Crippen MR) is 98.0 cm³/mol. The normalized spacial score (nSPS) is 12.3. The Labute approximate surface area is 152 Å². The number of ether oxygens (including phenoxy) is 1. The van der Waals surface area contributed by atoms with Crippen LogP contribution < -0.4 is 4.74 Å². The van der Waals surface area contributed by atoms with E-state index in [0.717, 1.165) is 24.7 Å². The van der Waals surface area contributed by atoms with Gasteiger partial charge in [-0.05, 0) is 63.8 Å². The fourth-order valence-electron chi connectivity index (χ4n) is 1.88. The van der Waals surface area contributed by atoms with E-state index in [1.165, 1.54) is 11.1 Å². The molecule has 5 heteroatoms. The topological polar surface area (TPSA) is 9.23 Å². The van der Waals surface area contributed by atoms with Crippen LogP contribution in [0, 0.1) is 6.92 Å². The molecule has 0 aliphatic carbocycles. The second-order valence-corrected chi connectivity index (χ2v) is 7.86. The molecule has 2 aromatic carbocycles. The van der Waals surface area contributed by atoms with Gasteiger partial charge in [0.05, 0.1) is 16.4 Å². The van der Waals surface area contributed by atoms with E-state index in [9.17, 15) is 0 Å². The van der Waals surface area contributed by atoms with Gasteiger partial charge in [-0.2, -0.15) is 0 Å². The predicted octanol–water partition coefficient (Wildman–Crippen LogP) is 6.78. The van der Waals surface area contributed by atoms with Crippen molar-refractivity contribution in [1.82, 2.24) is 0 Å². The van der Waals surface area contributed by atoms with Crippen LogP contribution in [0.5, 0.6) is 5.75 Å². The highest BCUT2D eigenvalue weighted by Gasteiger charge is 2.16. The van der Waals surface area contributed by atoms with Crippen molar-refractivity contribution in [2.75, 3.05) is 7.11 Å². The summed E-state index contributed by atoms with van der Waals surface area (Å²) in [5.74, 6) is 0.831. The summed E-state index contributed by atoms with van der Waals surface area (Å²) in [5, 5.41) is 0. The van der Waals surface area contributed by atoms with Crippen molar-refractivity contribution >= 4 is 63.7 Å². The SMILES string of the molecule is COc1ccc(C(Br)c2cc(Br)c(C)cc2Br)cc1Br. The van der Waals surface area contributed by atoms with Crippen molar-refractivity contribution < 1.29 is 4.74 Å². The van der Waals surface area contributed by atoms with Crippen molar-refractivity contribution in [3.63, 3.8) is 0 Å². The quantitative estimate of drug-likeness (QED) is 0.400. The lowest BCUT2D eigenvalue weighted by Gasteiger charge is -2.15. The molecule has 0 saturated carbocycles. The molecule has 0 heterocycles. The molecule has 2 rings (SSSR count). The molecule has 2 aromatic rings. The summed E-state index contributed by atoms with van der Waals surface area (Å²) >= 11 is 14.5.